The summed E-state index contributed by atoms with van der Waals surface area (Å²) in [6.45, 7) is 6.43. The summed E-state index contributed by atoms with van der Waals surface area (Å²) in [5, 5.41) is 7.49. The van der Waals surface area contributed by atoms with Crippen molar-refractivity contribution in [2.45, 2.75) is 32.6 Å². The van der Waals surface area contributed by atoms with E-state index in [1.807, 2.05) is 20.8 Å². The highest BCUT2D eigenvalue weighted by Gasteiger charge is 2.29. The van der Waals surface area contributed by atoms with Crippen molar-refractivity contribution in [2.75, 3.05) is 21.9 Å². The SMILES string of the molecule is CC(C)(C)c1cc(NC(=O)c2cccc(N3CCCS3(=O)=O)c2)n(-c2ccc(F)cc2)n1. The van der Waals surface area contributed by atoms with Crippen LogP contribution in [0.25, 0.3) is 5.69 Å². The monoisotopic (exact) mass is 456 g/mol. The summed E-state index contributed by atoms with van der Waals surface area (Å²) < 4.78 is 40.8. The van der Waals surface area contributed by atoms with Gasteiger partial charge < -0.3 is 5.32 Å². The van der Waals surface area contributed by atoms with Crippen LogP contribution in [0.1, 0.15) is 43.2 Å². The molecule has 1 saturated heterocycles. The molecule has 9 heteroatoms. The van der Waals surface area contributed by atoms with Crippen LogP contribution in [0.2, 0.25) is 0 Å². The van der Waals surface area contributed by atoms with E-state index in [0.717, 1.165) is 5.69 Å². The zero-order chi connectivity index (χ0) is 23.1. The normalized spacial score (nSPS) is 15.7. The first kappa shape index (κ1) is 22.0. The van der Waals surface area contributed by atoms with Crippen molar-refractivity contribution < 1.29 is 17.6 Å². The Hall–Kier alpha value is -3.20. The average molecular weight is 457 g/mol. The third-order valence-corrected chi connectivity index (χ3v) is 7.16. The minimum absolute atomic E-state index is 0.107. The zero-order valence-corrected chi connectivity index (χ0v) is 19.0. The molecule has 3 aromatic rings. The second-order valence-corrected chi connectivity index (χ2v) is 10.8. The number of carbonyl (C=O) groups excluding carboxylic acids is 1. The van der Waals surface area contributed by atoms with Crippen LogP contribution in [0, 0.1) is 5.82 Å². The molecule has 1 N–H and O–H groups in total. The van der Waals surface area contributed by atoms with Gasteiger partial charge in [-0.2, -0.15) is 5.10 Å². The van der Waals surface area contributed by atoms with Gasteiger partial charge in [0, 0.05) is 23.6 Å². The Morgan fingerprint density at radius 3 is 2.41 bits per heavy atom. The number of amides is 1. The van der Waals surface area contributed by atoms with Crippen LogP contribution in [0.4, 0.5) is 15.9 Å². The highest BCUT2D eigenvalue weighted by atomic mass is 32.2. The Kier molecular flexibility index (Phi) is 5.54. The summed E-state index contributed by atoms with van der Waals surface area (Å²) in [4.78, 5) is 13.1. The molecule has 0 atom stereocenters. The number of carbonyl (C=O) groups is 1. The Morgan fingerprint density at radius 2 is 1.78 bits per heavy atom. The number of nitrogens with zero attached hydrogens (tertiary/aromatic N) is 3. The molecule has 32 heavy (non-hydrogen) atoms. The molecular weight excluding hydrogens is 431 g/mol. The molecule has 0 aliphatic carbocycles. The van der Waals surface area contributed by atoms with Gasteiger partial charge in [-0.15, -0.1) is 0 Å². The number of aromatic nitrogens is 2. The van der Waals surface area contributed by atoms with Crippen LogP contribution >= 0.6 is 0 Å². The van der Waals surface area contributed by atoms with Crippen LogP contribution in [-0.4, -0.2) is 36.4 Å². The summed E-state index contributed by atoms with van der Waals surface area (Å²) >= 11 is 0. The van der Waals surface area contributed by atoms with E-state index in [2.05, 4.69) is 10.4 Å². The van der Waals surface area contributed by atoms with Crippen molar-refractivity contribution in [3.8, 4) is 5.69 Å². The van der Waals surface area contributed by atoms with Gasteiger partial charge in [0.25, 0.3) is 5.91 Å². The number of nitrogens with one attached hydrogen (secondary N) is 1. The van der Waals surface area contributed by atoms with E-state index in [1.165, 1.54) is 16.4 Å². The lowest BCUT2D eigenvalue weighted by atomic mass is 9.92. The molecule has 1 amide bonds. The van der Waals surface area contributed by atoms with Gasteiger partial charge >= 0.3 is 0 Å². The number of halogens is 1. The molecule has 0 spiro atoms. The Morgan fingerprint density at radius 1 is 1.06 bits per heavy atom. The van der Waals surface area contributed by atoms with E-state index in [9.17, 15) is 17.6 Å². The van der Waals surface area contributed by atoms with Gasteiger partial charge in [-0.1, -0.05) is 26.8 Å². The lowest BCUT2D eigenvalue weighted by Gasteiger charge is -2.17. The molecule has 4 rings (SSSR count). The summed E-state index contributed by atoms with van der Waals surface area (Å²) in [6.07, 6.45) is 0.561. The van der Waals surface area contributed by atoms with Gasteiger partial charge in [0.05, 0.1) is 22.8 Å². The standard InChI is InChI=1S/C23H25FN4O3S/c1-23(2,3)20-15-21(28(26-20)18-10-8-17(24)9-11-18)25-22(29)16-6-4-7-19(14-16)27-12-5-13-32(27,30)31/h4,6-11,14-15H,5,12-13H2,1-3H3,(H,25,29). The number of rotatable bonds is 4. The highest BCUT2D eigenvalue weighted by molar-refractivity contribution is 7.93. The van der Waals surface area contributed by atoms with Crippen LogP contribution in [0.15, 0.2) is 54.6 Å². The first-order valence-electron chi connectivity index (χ1n) is 10.3. The molecule has 1 fully saturated rings. The second kappa shape index (κ2) is 8.05. The topological polar surface area (TPSA) is 84.3 Å². The summed E-state index contributed by atoms with van der Waals surface area (Å²) in [5.74, 6) is -0.218. The Bertz CT molecular complexity index is 1260. The second-order valence-electron chi connectivity index (χ2n) is 8.80. The van der Waals surface area contributed by atoms with Crippen molar-refractivity contribution in [2.24, 2.45) is 0 Å². The maximum atomic E-state index is 13.4. The Balaban J connectivity index is 1.67. The molecule has 0 saturated carbocycles. The van der Waals surface area contributed by atoms with E-state index in [-0.39, 0.29) is 17.0 Å². The highest BCUT2D eigenvalue weighted by Crippen LogP contribution is 2.28. The fraction of sp³-hybridized carbons (Fsp3) is 0.304. The average Bonchev–Trinajstić information content (AvgIpc) is 3.31. The maximum Gasteiger partial charge on any atom is 0.256 e. The van der Waals surface area contributed by atoms with E-state index in [0.29, 0.717) is 35.7 Å². The van der Waals surface area contributed by atoms with Gasteiger partial charge in [-0.05, 0) is 48.9 Å². The van der Waals surface area contributed by atoms with E-state index >= 15 is 0 Å². The molecule has 0 bridgehead atoms. The lowest BCUT2D eigenvalue weighted by Crippen LogP contribution is -2.25. The van der Waals surface area contributed by atoms with Crippen molar-refractivity contribution in [1.82, 2.24) is 9.78 Å². The van der Waals surface area contributed by atoms with Gasteiger partial charge in [0.1, 0.15) is 11.6 Å². The lowest BCUT2D eigenvalue weighted by molar-refractivity contribution is 0.102. The minimum Gasteiger partial charge on any atom is -0.306 e. The van der Waals surface area contributed by atoms with Crippen LogP contribution in [0.5, 0.6) is 0 Å². The molecule has 168 valence electrons. The van der Waals surface area contributed by atoms with Gasteiger partial charge in [0.2, 0.25) is 10.0 Å². The first-order valence-corrected chi connectivity index (χ1v) is 11.9. The maximum absolute atomic E-state index is 13.4. The third-order valence-electron chi connectivity index (χ3n) is 5.29. The van der Waals surface area contributed by atoms with E-state index in [1.54, 1.807) is 47.1 Å². The molecule has 1 aliphatic rings. The van der Waals surface area contributed by atoms with Gasteiger partial charge in [-0.3, -0.25) is 9.10 Å². The number of anilines is 2. The predicted molar refractivity (Wildman–Crippen MR) is 122 cm³/mol. The van der Waals surface area contributed by atoms with Crippen LogP contribution in [-0.2, 0) is 15.4 Å². The molecular formula is C23H25FN4O3S. The van der Waals surface area contributed by atoms with Crippen LogP contribution < -0.4 is 9.62 Å². The van der Waals surface area contributed by atoms with E-state index < -0.39 is 15.9 Å². The smallest absolute Gasteiger partial charge is 0.256 e. The Labute approximate surface area is 186 Å². The summed E-state index contributed by atoms with van der Waals surface area (Å²) in [7, 11) is -3.34. The van der Waals surface area contributed by atoms with Crippen molar-refractivity contribution in [3.63, 3.8) is 0 Å². The number of benzene rings is 2. The first-order chi connectivity index (χ1) is 15.0. The number of hydrogen-bond acceptors (Lipinski definition) is 4. The molecule has 2 heterocycles. The van der Waals surface area contributed by atoms with Gasteiger partial charge in [-0.25, -0.2) is 17.5 Å². The number of sulfonamides is 1. The van der Waals surface area contributed by atoms with Crippen LogP contribution in [0.3, 0.4) is 0 Å². The molecule has 2 aromatic carbocycles. The molecule has 1 aliphatic heterocycles. The molecule has 7 nitrogen and oxygen atoms in total. The largest absolute Gasteiger partial charge is 0.306 e. The van der Waals surface area contributed by atoms with Crippen molar-refractivity contribution >= 4 is 27.4 Å². The van der Waals surface area contributed by atoms with Crippen molar-refractivity contribution in [3.05, 3.63) is 71.7 Å². The fourth-order valence-corrected chi connectivity index (χ4v) is 5.09. The number of hydrogen-bond donors (Lipinski definition) is 1. The minimum atomic E-state index is -3.34. The summed E-state index contributed by atoms with van der Waals surface area (Å²) in [6, 6.07) is 14.2. The predicted octanol–water partition coefficient (Wildman–Crippen LogP) is 4.10. The molecule has 0 radical (unpaired) electrons. The molecule has 1 aromatic heterocycles. The van der Waals surface area contributed by atoms with E-state index in [4.69, 9.17) is 0 Å². The molecule has 0 unspecified atom stereocenters. The zero-order valence-electron chi connectivity index (χ0n) is 18.2. The van der Waals surface area contributed by atoms with Gasteiger partial charge in [0.15, 0.2) is 0 Å². The third kappa shape index (κ3) is 4.38. The van der Waals surface area contributed by atoms with Crippen molar-refractivity contribution in [1.29, 1.82) is 0 Å². The fourth-order valence-electron chi connectivity index (χ4n) is 3.54. The quantitative estimate of drug-likeness (QED) is 0.641. The summed E-state index contributed by atoms with van der Waals surface area (Å²) in [5.41, 5.74) is 1.89.